The Morgan fingerprint density at radius 2 is 1.69 bits per heavy atom. The minimum absolute atomic E-state index is 0.215. The maximum absolute atomic E-state index is 13.7. The van der Waals surface area contributed by atoms with E-state index in [2.05, 4.69) is 27.1 Å². The number of alkyl halides is 2. The molecule has 45 heavy (non-hydrogen) atoms. The van der Waals surface area contributed by atoms with Crippen LogP contribution in [-0.4, -0.2) is 98.1 Å². The molecule has 13 heteroatoms. The summed E-state index contributed by atoms with van der Waals surface area (Å²) in [7, 11) is -2.38. The highest BCUT2D eigenvalue weighted by Crippen LogP contribution is 2.38. The largest absolute Gasteiger partial charge is 0.494 e. The fourth-order valence-electron chi connectivity index (χ4n) is 5.67. The van der Waals surface area contributed by atoms with Crippen LogP contribution in [0.25, 0.3) is 10.9 Å². The summed E-state index contributed by atoms with van der Waals surface area (Å²) in [6, 6.07) is 19.5. The molecule has 0 atom stereocenters. The van der Waals surface area contributed by atoms with Gasteiger partial charge in [-0.1, -0.05) is 30.3 Å². The number of carbonyl (C=O) groups is 1. The van der Waals surface area contributed by atoms with Crippen molar-refractivity contribution in [2.45, 2.75) is 17.7 Å². The van der Waals surface area contributed by atoms with Crippen molar-refractivity contribution >= 4 is 43.9 Å². The monoisotopic (exact) mass is 636 g/mol. The van der Waals surface area contributed by atoms with E-state index in [-0.39, 0.29) is 34.5 Å². The van der Waals surface area contributed by atoms with Gasteiger partial charge < -0.3 is 25.2 Å². The van der Waals surface area contributed by atoms with Crippen molar-refractivity contribution in [3.8, 4) is 5.88 Å². The molecule has 10 nitrogen and oxygen atoms in total. The van der Waals surface area contributed by atoms with Crippen LogP contribution in [0.15, 0.2) is 76.6 Å². The fraction of sp³-hybridized carbons (Fsp3) is 0.312. The molecule has 1 amide bonds. The Labute approximate surface area is 260 Å². The maximum atomic E-state index is 13.7. The Hall–Kier alpha value is -4.33. The zero-order valence-electron chi connectivity index (χ0n) is 24.9. The van der Waals surface area contributed by atoms with Gasteiger partial charge in [0.1, 0.15) is 0 Å². The number of aromatic hydroxyl groups is 1. The van der Waals surface area contributed by atoms with Gasteiger partial charge in [0, 0.05) is 54.9 Å². The topological polar surface area (TPSA) is 121 Å². The second kappa shape index (κ2) is 11.9. The molecule has 6 rings (SSSR count). The molecule has 236 valence electrons. The number of likely N-dealkylation sites (N-methyl/N-ethyl adjacent to an activating group) is 1. The minimum Gasteiger partial charge on any atom is -0.494 e. The van der Waals surface area contributed by atoms with E-state index in [1.807, 2.05) is 54.6 Å². The average Bonchev–Trinajstić information content (AvgIpc) is 3.33. The predicted octanol–water partition coefficient (Wildman–Crippen LogP) is 4.18. The fourth-order valence-corrected chi connectivity index (χ4v) is 7.36. The Morgan fingerprint density at radius 1 is 1.02 bits per heavy atom. The number of nitrogens with zero attached hydrogens (tertiary/aromatic N) is 4. The summed E-state index contributed by atoms with van der Waals surface area (Å²) in [6.45, 7) is 3.71. The third-order valence-electron chi connectivity index (χ3n) is 8.14. The summed E-state index contributed by atoms with van der Waals surface area (Å²) in [5.74, 6) is -4.11. The molecule has 0 saturated carbocycles. The molecule has 2 aliphatic rings. The molecular weight excluding hydrogens is 602 g/mol. The number of rotatable bonds is 8. The van der Waals surface area contributed by atoms with Crippen molar-refractivity contribution < 1.29 is 27.1 Å². The van der Waals surface area contributed by atoms with Gasteiger partial charge in [0.2, 0.25) is 10.0 Å². The summed E-state index contributed by atoms with van der Waals surface area (Å²) in [5.41, 5.74) is 2.97. The number of benzene rings is 3. The van der Waals surface area contributed by atoms with Crippen LogP contribution in [0.2, 0.25) is 0 Å². The summed E-state index contributed by atoms with van der Waals surface area (Å²) in [6.07, 6.45) is 0. The molecule has 4 aromatic rings. The van der Waals surface area contributed by atoms with E-state index < -0.39 is 39.8 Å². The normalized spacial score (nSPS) is 17.8. The van der Waals surface area contributed by atoms with Gasteiger partial charge in [-0.05, 0) is 50.4 Å². The van der Waals surface area contributed by atoms with E-state index >= 15 is 0 Å². The van der Waals surface area contributed by atoms with Gasteiger partial charge >= 0.3 is 0 Å². The first-order valence-electron chi connectivity index (χ1n) is 14.7. The number of aromatic nitrogens is 1. The lowest BCUT2D eigenvalue weighted by atomic mass is 10.00. The molecule has 0 radical (unpaired) electrons. The number of carbonyl (C=O) groups excluding carboxylic acids is 1. The van der Waals surface area contributed by atoms with Crippen molar-refractivity contribution in [1.82, 2.24) is 19.5 Å². The number of hydrogen-bond donors (Lipinski definition) is 3. The highest BCUT2D eigenvalue weighted by Gasteiger charge is 2.50. The first kappa shape index (κ1) is 30.7. The van der Waals surface area contributed by atoms with Crippen LogP contribution in [0.4, 0.5) is 20.2 Å². The third kappa shape index (κ3) is 6.02. The average molecular weight is 637 g/mol. The highest BCUT2D eigenvalue weighted by atomic mass is 32.2. The molecule has 3 aromatic carbocycles. The number of aromatic amines is 1. The second-order valence-corrected chi connectivity index (χ2v) is 13.3. The van der Waals surface area contributed by atoms with Crippen LogP contribution >= 0.6 is 0 Å². The van der Waals surface area contributed by atoms with Gasteiger partial charge in [-0.15, -0.1) is 0 Å². The molecule has 3 heterocycles. The van der Waals surface area contributed by atoms with Gasteiger partial charge in [0.15, 0.2) is 5.88 Å². The van der Waals surface area contributed by atoms with Crippen molar-refractivity contribution in [3.63, 3.8) is 0 Å². The molecule has 0 bridgehead atoms. The second-order valence-electron chi connectivity index (χ2n) is 11.4. The molecule has 2 aliphatic heterocycles. The quantitative estimate of drug-likeness (QED) is 0.250. The van der Waals surface area contributed by atoms with Gasteiger partial charge in [-0.25, -0.2) is 22.2 Å². The molecule has 1 aromatic heterocycles. The number of anilines is 1. The zero-order valence-corrected chi connectivity index (χ0v) is 25.7. The molecule has 0 aliphatic carbocycles. The van der Waals surface area contributed by atoms with E-state index in [4.69, 9.17) is 4.99 Å². The lowest BCUT2D eigenvalue weighted by molar-refractivity contribution is -0.0945. The van der Waals surface area contributed by atoms with Crippen molar-refractivity contribution in [2.75, 3.05) is 57.8 Å². The zero-order chi connectivity index (χ0) is 31.9. The van der Waals surface area contributed by atoms with Crippen LogP contribution in [0.5, 0.6) is 5.88 Å². The Balaban J connectivity index is 1.48. The van der Waals surface area contributed by atoms with Crippen LogP contribution in [0.3, 0.4) is 0 Å². The van der Waals surface area contributed by atoms with E-state index in [1.165, 1.54) is 12.1 Å². The molecule has 0 spiro atoms. The number of H-pyrrole nitrogens is 1. The van der Waals surface area contributed by atoms with Crippen molar-refractivity contribution in [2.24, 2.45) is 4.99 Å². The SMILES string of the molecule is CCNC(=O)c1cc2[nH]c(O)c(C(=Nc3ccc(N4CCN(C)CC4)cc3)c3ccccc3)c2cc1S(=O)(=O)N1CC(F)(F)C1. The number of hydrogen-bond acceptors (Lipinski definition) is 7. The minimum atomic E-state index is -4.49. The first-order chi connectivity index (χ1) is 21.5. The van der Waals surface area contributed by atoms with Gasteiger partial charge in [0.05, 0.1) is 40.5 Å². The van der Waals surface area contributed by atoms with E-state index in [1.54, 1.807) is 6.92 Å². The first-order valence-corrected chi connectivity index (χ1v) is 16.1. The Morgan fingerprint density at radius 3 is 2.31 bits per heavy atom. The number of sulfonamides is 1. The number of amides is 1. The Kier molecular flexibility index (Phi) is 8.10. The smallest absolute Gasteiger partial charge is 0.275 e. The number of aliphatic imine (C=N–C) groups is 1. The lowest BCUT2D eigenvalue weighted by Gasteiger charge is -2.37. The Bertz CT molecular complexity index is 1860. The molecule has 3 N–H and O–H groups in total. The predicted molar refractivity (Wildman–Crippen MR) is 170 cm³/mol. The third-order valence-corrected chi connectivity index (χ3v) is 9.97. The summed E-state index contributed by atoms with van der Waals surface area (Å²) < 4.78 is 55.3. The van der Waals surface area contributed by atoms with Gasteiger partial charge in [0.25, 0.3) is 11.8 Å². The summed E-state index contributed by atoms with van der Waals surface area (Å²) in [5, 5.41) is 14.1. The molecular formula is C32H34F2N6O4S. The van der Waals surface area contributed by atoms with Crippen LogP contribution < -0.4 is 10.2 Å². The number of piperazine rings is 1. The van der Waals surface area contributed by atoms with Crippen LogP contribution in [0, 0.1) is 0 Å². The van der Waals surface area contributed by atoms with Gasteiger partial charge in [-0.3, -0.25) is 4.79 Å². The van der Waals surface area contributed by atoms with E-state index in [0.717, 1.165) is 31.9 Å². The standard InChI is InChI=1S/C32H34F2N6O4S/c1-3-35-30(41)25-17-26-24(18-27(25)45(43,44)40-19-32(33,34)20-40)28(31(42)37-26)29(21-7-5-4-6-8-21)36-22-9-11-23(12-10-22)39-15-13-38(2)14-16-39/h4-12,17-18,37,42H,3,13-16,19-20H2,1-2H3,(H,35,41). The molecule has 0 unspecified atom stereocenters. The van der Waals surface area contributed by atoms with Crippen molar-refractivity contribution in [1.29, 1.82) is 0 Å². The maximum Gasteiger partial charge on any atom is 0.275 e. The molecule has 2 fully saturated rings. The lowest BCUT2D eigenvalue weighted by Crippen LogP contribution is -2.58. The number of fused-ring (bicyclic) bond motifs is 1. The highest BCUT2D eigenvalue weighted by molar-refractivity contribution is 7.89. The number of nitrogens with one attached hydrogen (secondary N) is 2. The van der Waals surface area contributed by atoms with Crippen LogP contribution in [0.1, 0.15) is 28.4 Å². The van der Waals surface area contributed by atoms with E-state index in [0.29, 0.717) is 21.3 Å². The van der Waals surface area contributed by atoms with Crippen molar-refractivity contribution in [3.05, 3.63) is 83.4 Å². The summed E-state index contributed by atoms with van der Waals surface area (Å²) >= 11 is 0. The number of halogens is 2. The summed E-state index contributed by atoms with van der Waals surface area (Å²) in [4.78, 5) is 24.9. The molecule has 2 saturated heterocycles. The van der Waals surface area contributed by atoms with Gasteiger partial charge in [-0.2, -0.15) is 4.31 Å². The van der Waals surface area contributed by atoms with E-state index in [9.17, 15) is 27.1 Å². The van der Waals surface area contributed by atoms with Crippen LogP contribution in [-0.2, 0) is 10.0 Å².